The first-order valence-electron chi connectivity index (χ1n) is 7.59. The minimum atomic E-state index is -2.71. The zero-order valence-corrected chi connectivity index (χ0v) is 13.4. The Hall–Kier alpha value is -2.97. The van der Waals surface area contributed by atoms with Crippen molar-refractivity contribution >= 4 is 17.0 Å². The standard InChI is InChI=1S/C16H16F2N4O3/c1-20(10-13-19-7-9-22(13)15(17)18)14(23)6-8-21-11-4-2-3-5-12(11)25-16(21)24/h2-5,7,9,15H,6,8,10H2,1H3. The molecule has 0 aliphatic heterocycles. The Labute approximate surface area is 141 Å². The van der Waals surface area contributed by atoms with Gasteiger partial charge in [-0.2, -0.15) is 8.78 Å². The van der Waals surface area contributed by atoms with E-state index in [2.05, 4.69) is 4.98 Å². The zero-order chi connectivity index (χ0) is 18.0. The lowest BCUT2D eigenvalue weighted by Crippen LogP contribution is -2.29. The van der Waals surface area contributed by atoms with Crippen LogP contribution in [0, 0.1) is 0 Å². The van der Waals surface area contributed by atoms with Gasteiger partial charge in [0.1, 0.15) is 5.82 Å². The Morgan fingerprint density at radius 3 is 2.88 bits per heavy atom. The number of amides is 1. The van der Waals surface area contributed by atoms with Crippen molar-refractivity contribution in [2.75, 3.05) is 7.05 Å². The number of carbonyl (C=O) groups excluding carboxylic acids is 1. The summed E-state index contributed by atoms with van der Waals surface area (Å²) in [7, 11) is 1.50. The highest BCUT2D eigenvalue weighted by molar-refractivity contribution is 5.76. The summed E-state index contributed by atoms with van der Waals surface area (Å²) in [5.41, 5.74) is 1.06. The van der Waals surface area contributed by atoms with Gasteiger partial charge in [0, 0.05) is 32.4 Å². The molecule has 0 N–H and O–H groups in total. The van der Waals surface area contributed by atoms with Gasteiger partial charge < -0.3 is 9.32 Å². The molecule has 0 saturated heterocycles. The number of rotatable bonds is 6. The monoisotopic (exact) mass is 350 g/mol. The summed E-state index contributed by atoms with van der Waals surface area (Å²) in [4.78, 5) is 29.3. The summed E-state index contributed by atoms with van der Waals surface area (Å²) in [5.74, 6) is -0.734. The Bertz CT molecular complexity index is 944. The van der Waals surface area contributed by atoms with Gasteiger partial charge in [-0.3, -0.25) is 13.9 Å². The summed E-state index contributed by atoms with van der Waals surface area (Å²) in [6, 6.07) is 6.92. The highest BCUT2D eigenvalue weighted by Crippen LogP contribution is 2.15. The number of hydrogen-bond donors (Lipinski definition) is 0. The number of hydrogen-bond acceptors (Lipinski definition) is 4. The van der Waals surface area contributed by atoms with Crippen molar-refractivity contribution in [3.05, 3.63) is 53.0 Å². The third kappa shape index (κ3) is 3.44. The number of halogens is 2. The molecule has 1 aromatic carbocycles. The SMILES string of the molecule is CN(Cc1nccn1C(F)F)C(=O)CCn1c(=O)oc2ccccc21. The number of nitrogens with zero attached hydrogens (tertiary/aromatic N) is 4. The van der Waals surface area contributed by atoms with Crippen LogP contribution in [0.2, 0.25) is 0 Å². The van der Waals surface area contributed by atoms with E-state index in [0.717, 1.165) is 6.20 Å². The van der Waals surface area contributed by atoms with Gasteiger partial charge in [0.15, 0.2) is 5.58 Å². The van der Waals surface area contributed by atoms with E-state index in [1.165, 1.54) is 22.7 Å². The van der Waals surface area contributed by atoms with Crippen LogP contribution in [0.1, 0.15) is 18.8 Å². The van der Waals surface area contributed by atoms with Gasteiger partial charge in [-0.1, -0.05) is 12.1 Å². The van der Waals surface area contributed by atoms with Crippen molar-refractivity contribution in [1.82, 2.24) is 19.0 Å². The maximum absolute atomic E-state index is 12.8. The molecule has 0 atom stereocenters. The number of benzene rings is 1. The van der Waals surface area contributed by atoms with Gasteiger partial charge >= 0.3 is 12.3 Å². The van der Waals surface area contributed by atoms with Gasteiger partial charge in [-0.25, -0.2) is 9.78 Å². The molecule has 0 saturated carbocycles. The first-order valence-corrected chi connectivity index (χ1v) is 7.59. The first kappa shape index (κ1) is 16.9. The Balaban J connectivity index is 1.66. The van der Waals surface area contributed by atoms with Crippen LogP contribution in [0.3, 0.4) is 0 Å². The summed E-state index contributed by atoms with van der Waals surface area (Å²) in [6.45, 7) is -2.61. The van der Waals surface area contributed by atoms with Crippen LogP contribution in [0.25, 0.3) is 11.1 Å². The van der Waals surface area contributed by atoms with E-state index in [9.17, 15) is 18.4 Å². The van der Waals surface area contributed by atoms with Crippen molar-refractivity contribution < 1.29 is 18.0 Å². The fourth-order valence-electron chi connectivity index (χ4n) is 2.57. The van der Waals surface area contributed by atoms with Gasteiger partial charge in [0.25, 0.3) is 0 Å². The van der Waals surface area contributed by atoms with E-state index in [1.807, 2.05) is 0 Å². The third-order valence-electron chi connectivity index (χ3n) is 3.89. The van der Waals surface area contributed by atoms with E-state index in [0.29, 0.717) is 15.7 Å². The second-order valence-corrected chi connectivity index (χ2v) is 5.52. The van der Waals surface area contributed by atoms with Crippen molar-refractivity contribution in [1.29, 1.82) is 0 Å². The molecule has 0 unspecified atom stereocenters. The minimum Gasteiger partial charge on any atom is -0.408 e. The topological polar surface area (TPSA) is 73.3 Å². The van der Waals surface area contributed by atoms with Gasteiger partial charge in [-0.15, -0.1) is 0 Å². The maximum atomic E-state index is 12.8. The van der Waals surface area contributed by atoms with Crippen molar-refractivity contribution in [2.24, 2.45) is 0 Å². The minimum absolute atomic E-state index is 0.0370. The average molecular weight is 350 g/mol. The molecule has 0 radical (unpaired) electrons. The number of para-hydroxylation sites is 2. The smallest absolute Gasteiger partial charge is 0.408 e. The number of aryl methyl sites for hydroxylation is 1. The number of fused-ring (bicyclic) bond motifs is 1. The number of imidazole rings is 1. The highest BCUT2D eigenvalue weighted by atomic mass is 19.3. The molecule has 2 heterocycles. The summed E-state index contributed by atoms with van der Waals surface area (Å²) < 4.78 is 32.8. The van der Waals surface area contributed by atoms with Crippen LogP contribution in [0.5, 0.6) is 0 Å². The fourth-order valence-corrected chi connectivity index (χ4v) is 2.57. The van der Waals surface area contributed by atoms with E-state index in [4.69, 9.17) is 4.42 Å². The summed E-state index contributed by atoms with van der Waals surface area (Å²) in [6.07, 6.45) is 2.46. The molecule has 132 valence electrons. The third-order valence-corrected chi connectivity index (χ3v) is 3.89. The van der Waals surface area contributed by atoms with Crippen molar-refractivity contribution in [3.8, 4) is 0 Å². The predicted octanol–water partition coefficient (Wildman–Crippen LogP) is 2.23. The molecule has 3 rings (SSSR count). The average Bonchev–Trinajstić information content (AvgIpc) is 3.16. The summed E-state index contributed by atoms with van der Waals surface area (Å²) in [5, 5.41) is 0. The van der Waals surface area contributed by atoms with Gasteiger partial charge in [0.05, 0.1) is 12.1 Å². The molecule has 9 heteroatoms. The maximum Gasteiger partial charge on any atom is 0.419 e. The molecular weight excluding hydrogens is 334 g/mol. The predicted molar refractivity (Wildman–Crippen MR) is 85.0 cm³/mol. The highest BCUT2D eigenvalue weighted by Gasteiger charge is 2.17. The molecule has 3 aromatic rings. The zero-order valence-electron chi connectivity index (χ0n) is 13.4. The molecule has 2 aromatic heterocycles. The summed E-state index contributed by atoms with van der Waals surface area (Å²) >= 11 is 0. The largest absolute Gasteiger partial charge is 0.419 e. The Kier molecular flexibility index (Phi) is 4.64. The lowest BCUT2D eigenvalue weighted by Gasteiger charge is -2.17. The van der Waals surface area contributed by atoms with Crippen molar-refractivity contribution in [3.63, 3.8) is 0 Å². The number of aromatic nitrogens is 3. The lowest BCUT2D eigenvalue weighted by atomic mass is 10.3. The second-order valence-electron chi connectivity index (χ2n) is 5.52. The van der Waals surface area contributed by atoms with Crippen LogP contribution in [0.15, 0.2) is 45.9 Å². The Morgan fingerprint density at radius 1 is 1.36 bits per heavy atom. The molecule has 25 heavy (non-hydrogen) atoms. The molecule has 0 aliphatic rings. The molecule has 0 fully saturated rings. The number of oxazole rings is 1. The lowest BCUT2D eigenvalue weighted by molar-refractivity contribution is -0.130. The molecule has 0 aliphatic carbocycles. The van der Waals surface area contributed by atoms with Crippen LogP contribution in [0.4, 0.5) is 8.78 Å². The molecule has 0 bridgehead atoms. The molecule has 0 spiro atoms. The molecule has 7 nitrogen and oxygen atoms in total. The van der Waals surface area contributed by atoms with E-state index in [-0.39, 0.29) is 31.2 Å². The van der Waals surface area contributed by atoms with E-state index >= 15 is 0 Å². The van der Waals surface area contributed by atoms with Crippen LogP contribution in [-0.4, -0.2) is 32.0 Å². The van der Waals surface area contributed by atoms with Gasteiger partial charge in [0.2, 0.25) is 5.91 Å². The number of alkyl halides is 2. The van der Waals surface area contributed by atoms with Crippen LogP contribution in [-0.2, 0) is 17.9 Å². The second kappa shape index (κ2) is 6.88. The van der Waals surface area contributed by atoms with Crippen LogP contribution < -0.4 is 5.76 Å². The Morgan fingerprint density at radius 2 is 2.12 bits per heavy atom. The quantitative estimate of drug-likeness (QED) is 0.683. The molecule has 1 amide bonds. The molecular formula is C16H16F2N4O3. The van der Waals surface area contributed by atoms with Crippen molar-refractivity contribution in [2.45, 2.75) is 26.1 Å². The normalized spacial score (nSPS) is 11.4. The van der Waals surface area contributed by atoms with E-state index in [1.54, 1.807) is 24.3 Å². The van der Waals surface area contributed by atoms with Crippen LogP contribution >= 0.6 is 0 Å². The fraction of sp³-hybridized carbons (Fsp3) is 0.312. The number of carbonyl (C=O) groups is 1. The van der Waals surface area contributed by atoms with E-state index < -0.39 is 12.3 Å². The first-order chi connectivity index (χ1) is 12.0. The van der Waals surface area contributed by atoms with Gasteiger partial charge in [-0.05, 0) is 12.1 Å².